The van der Waals surface area contributed by atoms with Crippen molar-refractivity contribution in [2.45, 2.75) is 39.2 Å². The molecule has 2 aromatic rings. The number of nitrogens with zero attached hydrogens (tertiary/aromatic N) is 2. The van der Waals surface area contributed by atoms with Gasteiger partial charge in [-0.05, 0) is 36.1 Å². The van der Waals surface area contributed by atoms with E-state index < -0.39 is 0 Å². The molecule has 0 fully saturated rings. The SMILES string of the molecule is C[C@H](CO)N1C(c2ccc(C(C)(C)C)cc2)=C2C=CCN2c2ccccc21. The zero-order valence-electron chi connectivity index (χ0n) is 16.6. The van der Waals surface area contributed by atoms with E-state index in [1.165, 1.54) is 28.2 Å². The van der Waals surface area contributed by atoms with Crippen LogP contribution >= 0.6 is 0 Å². The Morgan fingerprint density at radius 1 is 1.00 bits per heavy atom. The molecule has 3 nitrogen and oxygen atoms in total. The maximum atomic E-state index is 9.97. The molecule has 4 rings (SSSR count). The van der Waals surface area contributed by atoms with Gasteiger partial charge in [0.2, 0.25) is 0 Å². The standard InChI is InChI=1S/C24H28N2O/c1-17(16-27)26-21-9-6-5-8-20(21)25-15-7-10-22(25)23(26)18-11-13-19(14-12-18)24(2,3)4/h5-14,17,27H,15-16H2,1-4H3/t17-/m1/s1. The van der Waals surface area contributed by atoms with Crippen LogP contribution in [0.15, 0.2) is 66.4 Å². The molecule has 2 aliphatic rings. The number of para-hydroxylation sites is 2. The summed E-state index contributed by atoms with van der Waals surface area (Å²) >= 11 is 0. The summed E-state index contributed by atoms with van der Waals surface area (Å²) < 4.78 is 0. The first-order valence-electron chi connectivity index (χ1n) is 9.70. The summed E-state index contributed by atoms with van der Waals surface area (Å²) in [6, 6.07) is 17.4. The number of allylic oxidation sites excluding steroid dienone is 1. The second kappa shape index (κ2) is 6.58. The molecule has 1 atom stereocenters. The van der Waals surface area contributed by atoms with Crippen LogP contribution in [0.4, 0.5) is 11.4 Å². The molecule has 2 aromatic carbocycles. The number of anilines is 2. The molecule has 3 heteroatoms. The van der Waals surface area contributed by atoms with E-state index >= 15 is 0 Å². The van der Waals surface area contributed by atoms with E-state index in [9.17, 15) is 5.11 Å². The van der Waals surface area contributed by atoms with Gasteiger partial charge in [-0.25, -0.2) is 0 Å². The topological polar surface area (TPSA) is 26.7 Å². The molecule has 0 bridgehead atoms. The van der Waals surface area contributed by atoms with Crippen molar-refractivity contribution in [3.05, 3.63) is 77.5 Å². The zero-order chi connectivity index (χ0) is 19.2. The van der Waals surface area contributed by atoms with Crippen LogP contribution in [0, 0.1) is 0 Å². The van der Waals surface area contributed by atoms with Gasteiger partial charge in [0, 0.05) is 12.1 Å². The lowest BCUT2D eigenvalue weighted by atomic mass is 9.86. The molecule has 27 heavy (non-hydrogen) atoms. The minimum Gasteiger partial charge on any atom is -0.394 e. The number of hydrogen-bond acceptors (Lipinski definition) is 3. The second-order valence-electron chi connectivity index (χ2n) is 8.46. The third kappa shape index (κ3) is 2.96. The Morgan fingerprint density at radius 3 is 2.30 bits per heavy atom. The highest BCUT2D eigenvalue weighted by Gasteiger charge is 2.34. The van der Waals surface area contributed by atoms with Crippen molar-refractivity contribution in [3.8, 4) is 0 Å². The van der Waals surface area contributed by atoms with Gasteiger partial charge in [-0.1, -0.05) is 63.2 Å². The molecule has 2 aliphatic heterocycles. The fraction of sp³-hybridized carbons (Fsp3) is 0.333. The van der Waals surface area contributed by atoms with Crippen LogP contribution in [0.3, 0.4) is 0 Å². The summed E-state index contributed by atoms with van der Waals surface area (Å²) in [5.74, 6) is 0. The van der Waals surface area contributed by atoms with Crippen LogP contribution in [0.2, 0.25) is 0 Å². The number of benzene rings is 2. The van der Waals surface area contributed by atoms with Gasteiger partial charge in [0.15, 0.2) is 0 Å². The Kier molecular flexibility index (Phi) is 4.35. The third-order valence-corrected chi connectivity index (χ3v) is 5.50. The minimum atomic E-state index is -0.00732. The Morgan fingerprint density at radius 2 is 1.67 bits per heavy atom. The van der Waals surface area contributed by atoms with Crippen molar-refractivity contribution in [3.63, 3.8) is 0 Å². The summed E-state index contributed by atoms with van der Waals surface area (Å²) in [5, 5.41) is 9.97. The molecular formula is C24H28N2O. The molecule has 1 N–H and O–H groups in total. The lowest BCUT2D eigenvalue weighted by Gasteiger charge is -2.42. The number of aliphatic hydroxyl groups excluding tert-OH is 1. The first-order valence-corrected chi connectivity index (χ1v) is 9.70. The predicted molar refractivity (Wildman–Crippen MR) is 114 cm³/mol. The lowest BCUT2D eigenvalue weighted by molar-refractivity contribution is 0.273. The lowest BCUT2D eigenvalue weighted by Crippen LogP contribution is -2.40. The first-order chi connectivity index (χ1) is 12.9. The smallest absolute Gasteiger partial charge is 0.0729 e. The van der Waals surface area contributed by atoms with E-state index in [1.54, 1.807) is 0 Å². The van der Waals surface area contributed by atoms with E-state index in [1.807, 2.05) is 0 Å². The molecule has 2 heterocycles. The van der Waals surface area contributed by atoms with E-state index in [0.717, 1.165) is 12.2 Å². The van der Waals surface area contributed by atoms with Crippen LogP contribution in [-0.4, -0.2) is 24.3 Å². The molecule has 0 radical (unpaired) electrons. The van der Waals surface area contributed by atoms with Gasteiger partial charge in [0.05, 0.1) is 35.4 Å². The zero-order valence-corrected chi connectivity index (χ0v) is 16.6. The number of aliphatic hydroxyl groups is 1. The quantitative estimate of drug-likeness (QED) is 0.841. The van der Waals surface area contributed by atoms with Crippen molar-refractivity contribution in [2.24, 2.45) is 0 Å². The molecule has 0 unspecified atom stereocenters. The van der Waals surface area contributed by atoms with Crippen LogP contribution in [0.1, 0.15) is 38.8 Å². The van der Waals surface area contributed by atoms with Crippen LogP contribution in [-0.2, 0) is 5.41 Å². The fourth-order valence-corrected chi connectivity index (χ4v) is 3.99. The first kappa shape index (κ1) is 17.9. The van der Waals surface area contributed by atoms with Gasteiger partial charge in [0.25, 0.3) is 0 Å². The Hall–Kier alpha value is -2.52. The van der Waals surface area contributed by atoms with Gasteiger partial charge in [-0.2, -0.15) is 0 Å². The van der Waals surface area contributed by atoms with E-state index in [2.05, 4.69) is 98.2 Å². The number of hydrogen-bond donors (Lipinski definition) is 1. The van der Waals surface area contributed by atoms with E-state index in [-0.39, 0.29) is 18.1 Å². The minimum absolute atomic E-state index is 0.00732. The van der Waals surface area contributed by atoms with Gasteiger partial charge >= 0.3 is 0 Å². The summed E-state index contributed by atoms with van der Waals surface area (Å²) in [6.07, 6.45) is 4.42. The average molecular weight is 361 g/mol. The van der Waals surface area contributed by atoms with Gasteiger partial charge in [0.1, 0.15) is 0 Å². The molecule has 140 valence electrons. The molecule has 0 saturated carbocycles. The Bertz CT molecular complexity index is 903. The molecule has 0 spiro atoms. The van der Waals surface area contributed by atoms with Crippen molar-refractivity contribution >= 4 is 17.1 Å². The maximum Gasteiger partial charge on any atom is 0.0729 e. The van der Waals surface area contributed by atoms with Crippen LogP contribution < -0.4 is 9.80 Å². The monoisotopic (exact) mass is 360 g/mol. The predicted octanol–water partition coefficient (Wildman–Crippen LogP) is 4.93. The van der Waals surface area contributed by atoms with Crippen molar-refractivity contribution in [1.29, 1.82) is 0 Å². The largest absolute Gasteiger partial charge is 0.394 e. The molecule has 0 aliphatic carbocycles. The van der Waals surface area contributed by atoms with Crippen molar-refractivity contribution in [1.82, 2.24) is 0 Å². The molecule has 0 saturated heterocycles. The fourth-order valence-electron chi connectivity index (χ4n) is 3.99. The van der Waals surface area contributed by atoms with Gasteiger partial charge in [-0.3, -0.25) is 0 Å². The highest BCUT2D eigenvalue weighted by Crippen LogP contribution is 2.46. The van der Waals surface area contributed by atoms with E-state index in [4.69, 9.17) is 0 Å². The maximum absolute atomic E-state index is 9.97. The number of rotatable bonds is 3. The third-order valence-electron chi connectivity index (χ3n) is 5.50. The summed E-state index contributed by atoms with van der Waals surface area (Å²) in [5.41, 5.74) is 7.38. The molecule has 0 aromatic heterocycles. The van der Waals surface area contributed by atoms with Crippen molar-refractivity contribution in [2.75, 3.05) is 23.0 Å². The Labute approximate surface area is 162 Å². The second-order valence-corrected chi connectivity index (χ2v) is 8.46. The normalized spacial score (nSPS) is 17.2. The Balaban J connectivity index is 1.89. The summed E-state index contributed by atoms with van der Waals surface area (Å²) in [7, 11) is 0. The highest BCUT2D eigenvalue weighted by atomic mass is 16.3. The van der Waals surface area contributed by atoms with Crippen LogP contribution in [0.5, 0.6) is 0 Å². The molecule has 0 amide bonds. The van der Waals surface area contributed by atoms with Gasteiger partial charge < -0.3 is 14.9 Å². The van der Waals surface area contributed by atoms with Gasteiger partial charge in [-0.15, -0.1) is 0 Å². The number of fused-ring (bicyclic) bond motifs is 3. The average Bonchev–Trinajstić information content (AvgIpc) is 3.15. The molecular weight excluding hydrogens is 332 g/mol. The summed E-state index contributed by atoms with van der Waals surface area (Å²) in [4.78, 5) is 4.66. The highest BCUT2D eigenvalue weighted by molar-refractivity contribution is 5.95. The van der Waals surface area contributed by atoms with E-state index in [0.29, 0.717) is 0 Å². The summed E-state index contributed by atoms with van der Waals surface area (Å²) in [6.45, 7) is 9.79. The van der Waals surface area contributed by atoms with Crippen LogP contribution in [0.25, 0.3) is 5.70 Å². The van der Waals surface area contributed by atoms with Crippen molar-refractivity contribution < 1.29 is 5.11 Å².